The Bertz CT molecular complexity index is 1130. The molecule has 3 aromatic rings. The van der Waals surface area contributed by atoms with Gasteiger partial charge in [0.25, 0.3) is 11.6 Å². The van der Waals surface area contributed by atoms with Crippen molar-refractivity contribution in [3.63, 3.8) is 0 Å². The zero-order valence-corrected chi connectivity index (χ0v) is 15.7. The highest BCUT2D eigenvalue weighted by atomic mass is 19.4. The van der Waals surface area contributed by atoms with Crippen molar-refractivity contribution in [2.45, 2.75) is 13.1 Å². The van der Waals surface area contributed by atoms with E-state index in [0.29, 0.717) is 11.8 Å². The third kappa shape index (κ3) is 4.57. The van der Waals surface area contributed by atoms with Crippen LogP contribution in [-0.4, -0.2) is 20.6 Å². The highest BCUT2D eigenvalue weighted by Crippen LogP contribution is 2.32. The second kappa shape index (κ2) is 7.85. The van der Waals surface area contributed by atoms with Crippen LogP contribution in [0.2, 0.25) is 0 Å². The summed E-state index contributed by atoms with van der Waals surface area (Å²) in [4.78, 5) is 23.0. The van der Waals surface area contributed by atoms with E-state index in [1.54, 1.807) is 31.2 Å². The van der Waals surface area contributed by atoms with Crippen molar-refractivity contribution in [2.24, 2.45) is 7.05 Å². The molecule has 3 rings (SSSR count). The highest BCUT2D eigenvalue weighted by molar-refractivity contribution is 6.03. The molecule has 8 nitrogen and oxygen atoms in total. The Morgan fingerprint density at radius 3 is 2.50 bits per heavy atom. The van der Waals surface area contributed by atoms with Gasteiger partial charge >= 0.3 is 6.18 Å². The third-order valence-electron chi connectivity index (χ3n) is 4.08. The van der Waals surface area contributed by atoms with Gasteiger partial charge in [-0.05, 0) is 18.6 Å². The number of carbonyl (C=O) groups is 1. The van der Waals surface area contributed by atoms with Crippen LogP contribution in [0.15, 0.2) is 48.5 Å². The van der Waals surface area contributed by atoms with Crippen LogP contribution < -0.4 is 10.1 Å². The molecular formula is C19H15F3N4O4. The molecule has 0 radical (unpaired) electrons. The van der Waals surface area contributed by atoms with Gasteiger partial charge in [0.15, 0.2) is 5.69 Å². The number of alkyl halides is 3. The van der Waals surface area contributed by atoms with Crippen molar-refractivity contribution < 1.29 is 27.6 Å². The van der Waals surface area contributed by atoms with E-state index in [9.17, 15) is 28.1 Å². The number of ether oxygens (including phenoxy) is 1. The van der Waals surface area contributed by atoms with Crippen molar-refractivity contribution in [1.29, 1.82) is 0 Å². The quantitative estimate of drug-likeness (QED) is 0.476. The maximum absolute atomic E-state index is 12.8. The first-order chi connectivity index (χ1) is 14.0. The van der Waals surface area contributed by atoms with Crippen LogP contribution >= 0.6 is 0 Å². The molecule has 11 heteroatoms. The van der Waals surface area contributed by atoms with E-state index in [1.807, 2.05) is 0 Å². The Morgan fingerprint density at radius 1 is 1.20 bits per heavy atom. The molecule has 30 heavy (non-hydrogen) atoms. The van der Waals surface area contributed by atoms with Crippen molar-refractivity contribution in [2.75, 3.05) is 5.32 Å². The van der Waals surface area contributed by atoms with Gasteiger partial charge in [0, 0.05) is 25.2 Å². The van der Waals surface area contributed by atoms with Gasteiger partial charge in [-0.2, -0.15) is 18.3 Å². The zero-order chi connectivity index (χ0) is 22.1. The summed E-state index contributed by atoms with van der Waals surface area (Å²) in [5.74, 6) is -0.380. The van der Waals surface area contributed by atoms with Crippen LogP contribution in [0.4, 0.5) is 24.5 Å². The van der Waals surface area contributed by atoms with Gasteiger partial charge in [-0.15, -0.1) is 0 Å². The number of nitro groups is 1. The van der Waals surface area contributed by atoms with Gasteiger partial charge in [-0.3, -0.25) is 19.6 Å². The summed E-state index contributed by atoms with van der Waals surface area (Å²) in [6.45, 7) is 1.79. The van der Waals surface area contributed by atoms with Gasteiger partial charge in [0.1, 0.15) is 17.2 Å². The summed E-state index contributed by atoms with van der Waals surface area (Å²) in [5.41, 5.74) is -1.19. The average Bonchev–Trinajstić information content (AvgIpc) is 3.06. The largest absolute Gasteiger partial charge is 0.457 e. The minimum Gasteiger partial charge on any atom is -0.457 e. The number of nitrogens with one attached hydrogen (secondary N) is 1. The monoisotopic (exact) mass is 420 g/mol. The number of non-ortho nitro benzene ring substituents is 1. The number of carbonyl (C=O) groups excluding carboxylic acids is 1. The average molecular weight is 420 g/mol. The van der Waals surface area contributed by atoms with E-state index in [1.165, 1.54) is 19.2 Å². The number of aromatic nitrogens is 2. The molecule has 0 unspecified atom stereocenters. The molecule has 0 saturated heterocycles. The second-order valence-corrected chi connectivity index (χ2v) is 6.33. The van der Waals surface area contributed by atoms with E-state index in [-0.39, 0.29) is 22.8 Å². The van der Waals surface area contributed by atoms with Crippen LogP contribution in [0, 0.1) is 17.0 Å². The maximum Gasteiger partial charge on any atom is 0.435 e. The Morgan fingerprint density at radius 2 is 1.90 bits per heavy atom. The van der Waals surface area contributed by atoms with Crippen molar-refractivity contribution >= 4 is 17.3 Å². The van der Waals surface area contributed by atoms with E-state index in [4.69, 9.17) is 4.74 Å². The summed E-state index contributed by atoms with van der Waals surface area (Å²) < 4.78 is 44.9. The smallest absolute Gasteiger partial charge is 0.435 e. The third-order valence-corrected chi connectivity index (χ3v) is 4.08. The molecule has 0 saturated carbocycles. The number of amides is 1. The fraction of sp³-hybridized carbons (Fsp3) is 0.158. The second-order valence-electron chi connectivity index (χ2n) is 6.33. The zero-order valence-electron chi connectivity index (χ0n) is 15.7. The summed E-state index contributed by atoms with van der Waals surface area (Å²) >= 11 is 0. The lowest BCUT2D eigenvalue weighted by atomic mass is 10.2. The fourth-order valence-corrected chi connectivity index (χ4v) is 2.63. The van der Waals surface area contributed by atoms with E-state index in [0.717, 1.165) is 16.3 Å². The molecule has 0 fully saturated rings. The Balaban J connectivity index is 1.91. The molecule has 2 aromatic carbocycles. The summed E-state index contributed by atoms with van der Waals surface area (Å²) in [6, 6.07) is 11.2. The number of aryl methyl sites for hydroxylation is 2. The van der Waals surface area contributed by atoms with Gasteiger partial charge in [-0.25, -0.2) is 0 Å². The van der Waals surface area contributed by atoms with E-state index < -0.39 is 22.7 Å². The summed E-state index contributed by atoms with van der Waals surface area (Å²) in [6.07, 6.45) is -4.71. The molecule has 156 valence electrons. The molecule has 0 aliphatic carbocycles. The van der Waals surface area contributed by atoms with Gasteiger partial charge < -0.3 is 10.1 Å². The number of benzene rings is 2. The minimum atomic E-state index is -4.71. The number of rotatable bonds is 5. The van der Waals surface area contributed by atoms with Crippen molar-refractivity contribution in [3.05, 3.63) is 75.6 Å². The molecule has 0 spiro atoms. The number of halogens is 3. The SMILES string of the molecule is Cc1ccccc1Oc1cc(NC(=O)c2cc(C(F)(F)F)nn2C)cc([N+](=O)[O-])c1. The predicted molar refractivity (Wildman–Crippen MR) is 101 cm³/mol. The van der Waals surface area contributed by atoms with Gasteiger partial charge in [0.2, 0.25) is 0 Å². The highest BCUT2D eigenvalue weighted by Gasteiger charge is 2.35. The Labute approximate surface area is 168 Å². The lowest BCUT2D eigenvalue weighted by Gasteiger charge is -2.11. The molecule has 1 N–H and O–H groups in total. The van der Waals surface area contributed by atoms with E-state index in [2.05, 4.69) is 10.4 Å². The maximum atomic E-state index is 12.8. The molecule has 1 heterocycles. The number of nitro benzene ring substituents is 1. The number of para-hydroxylation sites is 1. The first-order valence-electron chi connectivity index (χ1n) is 8.50. The van der Waals surface area contributed by atoms with Crippen molar-refractivity contribution in [1.82, 2.24) is 9.78 Å². The molecule has 0 bridgehead atoms. The molecule has 0 atom stereocenters. The number of hydrogen-bond acceptors (Lipinski definition) is 5. The van der Waals surface area contributed by atoms with Crippen LogP contribution in [-0.2, 0) is 13.2 Å². The van der Waals surface area contributed by atoms with Gasteiger partial charge in [-0.1, -0.05) is 18.2 Å². The summed E-state index contributed by atoms with van der Waals surface area (Å²) in [5, 5.41) is 16.9. The Hall–Kier alpha value is -3.89. The van der Waals surface area contributed by atoms with Crippen LogP contribution in [0.5, 0.6) is 11.5 Å². The standard InChI is InChI=1S/C19H15F3N4O4/c1-11-5-3-4-6-16(11)30-14-8-12(7-13(9-14)26(28)29)23-18(27)15-10-17(19(20,21)22)24-25(15)2/h3-10H,1-2H3,(H,23,27). The molecule has 0 aliphatic heterocycles. The lowest BCUT2D eigenvalue weighted by Crippen LogP contribution is -2.16. The topological polar surface area (TPSA) is 99.3 Å². The number of anilines is 1. The normalized spacial score (nSPS) is 11.2. The Kier molecular flexibility index (Phi) is 5.45. The molecule has 1 amide bonds. The molecule has 1 aromatic heterocycles. The first kappa shape index (κ1) is 20.8. The van der Waals surface area contributed by atoms with Crippen molar-refractivity contribution in [3.8, 4) is 11.5 Å². The molecular weight excluding hydrogens is 405 g/mol. The van der Waals surface area contributed by atoms with E-state index >= 15 is 0 Å². The van der Waals surface area contributed by atoms with Crippen LogP contribution in [0.3, 0.4) is 0 Å². The lowest BCUT2D eigenvalue weighted by molar-refractivity contribution is -0.384. The first-order valence-corrected chi connectivity index (χ1v) is 8.50. The summed E-state index contributed by atoms with van der Waals surface area (Å²) in [7, 11) is 1.18. The molecule has 0 aliphatic rings. The van der Waals surface area contributed by atoms with Gasteiger partial charge in [0.05, 0.1) is 16.7 Å². The number of hydrogen-bond donors (Lipinski definition) is 1. The fourth-order valence-electron chi connectivity index (χ4n) is 2.63. The van der Waals surface area contributed by atoms with Crippen LogP contribution in [0.1, 0.15) is 21.7 Å². The number of nitrogens with zero attached hydrogens (tertiary/aromatic N) is 3. The predicted octanol–water partition coefficient (Wildman–Crippen LogP) is 4.70. The van der Waals surface area contributed by atoms with Crippen LogP contribution in [0.25, 0.3) is 0 Å². The minimum absolute atomic E-state index is 0.0208.